The number of aromatic nitrogens is 2. The van der Waals surface area contributed by atoms with Crippen LogP contribution in [0.1, 0.15) is 15.9 Å². The van der Waals surface area contributed by atoms with Crippen molar-refractivity contribution in [3.63, 3.8) is 0 Å². The summed E-state index contributed by atoms with van der Waals surface area (Å²) in [6.45, 7) is 1.81. The number of nitrogens with one attached hydrogen (secondary N) is 2. The number of nitrogens with two attached hydrogens (primary N) is 1. The van der Waals surface area contributed by atoms with E-state index in [1.807, 2.05) is 6.92 Å². The van der Waals surface area contributed by atoms with Crippen molar-refractivity contribution >= 4 is 33.2 Å². The second-order valence-electron chi connectivity index (χ2n) is 3.61. The van der Waals surface area contributed by atoms with Crippen LogP contribution in [0.4, 0.5) is 11.4 Å². The van der Waals surface area contributed by atoms with Crippen molar-refractivity contribution in [2.24, 2.45) is 0 Å². The molecule has 5 nitrogen and oxygen atoms in total. The first-order valence-corrected chi connectivity index (χ1v) is 5.73. The van der Waals surface area contributed by atoms with Crippen LogP contribution in [0.2, 0.25) is 0 Å². The van der Waals surface area contributed by atoms with Crippen LogP contribution in [0.5, 0.6) is 0 Å². The number of nitrogen functional groups attached to an aromatic ring is 1. The fraction of sp³-hybridized carbons (Fsp3) is 0.0909. The number of hydrogen-bond acceptors (Lipinski definition) is 3. The van der Waals surface area contributed by atoms with Crippen LogP contribution in [0.3, 0.4) is 0 Å². The summed E-state index contributed by atoms with van der Waals surface area (Å²) in [6, 6.07) is 3.51. The van der Waals surface area contributed by atoms with Gasteiger partial charge in [0, 0.05) is 21.9 Å². The quantitative estimate of drug-likeness (QED) is 0.743. The second-order valence-corrected chi connectivity index (χ2v) is 4.52. The number of rotatable bonds is 2. The van der Waals surface area contributed by atoms with Gasteiger partial charge in [-0.3, -0.25) is 9.89 Å². The summed E-state index contributed by atoms with van der Waals surface area (Å²) in [5.41, 5.74) is 8.30. The van der Waals surface area contributed by atoms with Gasteiger partial charge in [0.05, 0.1) is 11.9 Å². The minimum atomic E-state index is -0.211. The van der Waals surface area contributed by atoms with Gasteiger partial charge >= 0.3 is 0 Å². The molecule has 0 unspecified atom stereocenters. The van der Waals surface area contributed by atoms with Crippen molar-refractivity contribution in [2.45, 2.75) is 6.92 Å². The lowest BCUT2D eigenvalue weighted by Gasteiger charge is -2.09. The average molecular weight is 295 g/mol. The molecule has 17 heavy (non-hydrogen) atoms. The lowest BCUT2D eigenvalue weighted by molar-refractivity contribution is 0.102. The number of H-pyrrole nitrogens is 1. The molecule has 6 heteroatoms. The highest BCUT2D eigenvalue weighted by atomic mass is 79.9. The number of nitrogens with zero attached hydrogens (tertiary/aromatic N) is 1. The van der Waals surface area contributed by atoms with Gasteiger partial charge in [-0.25, -0.2) is 0 Å². The van der Waals surface area contributed by atoms with E-state index in [9.17, 15) is 4.79 Å². The molecule has 0 saturated heterocycles. The summed E-state index contributed by atoms with van der Waals surface area (Å²) >= 11 is 3.31. The SMILES string of the molecule is Cc1c(N)cc(Br)cc1C(=O)Nc1cn[nH]c1. The minimum Gasteiger partial charge on any atom is -0.398 e. The van der Waals surface area contributed by atoms with Gasteiger partial charge in [0.15, 0.2) is 0 Å². The maximum Gasteiger partial charge on any atom is 0.256 e. The standard InChI is InChI=1S/C11H11BrN4O/c1-6-9(2-7(12)3-10(6)13)11(17)16-8-4-14-15-5-8/h2-5H,13H2,1H3,(H,14,15)(H,16,17). The third-order valence-corrected chi connectivity index (χ3v) is 2.87. The highest BCUT2D eigenvalue weighted by Crippen LogP contribution is 2.23. The molecule has 0 atom stereocenters. The number of anilines is 2. The molecule has 1 amide bonds. The molecule has 0 aliphatic heterocycles. The summed E-state index contributed by atoms with van der Waals surface area (Å²) in [6.07, 6.45) is 3.14. The van der Waals surface area contributed by atoms with Crippen molar-refractivity contribution in [2.75, 3.05) is 11.1 Å². The van der Waals surface area contributed by atoms with Crippen molar-refractivity contribution in [3.8, 4) is 0 Å². The Bertz CT molecular complexity index is 551. The minimum absolute atomic E-state index is 0.211. The van der Waals surface area contributed by atoms with E-state index >= 15 is 0 Å². The van der Waals surface area contributed by atoms with Crippen LogP contribution in [0.15, 0.2) is 29.0 Å². The third-order valence-electron chi connectivity index (χ3n) is 2.41. The van der Waals surface area contributed by atoms with Gasteiger partial charge in [-0.15, -0.1) is 0 Å². The number of amides is 1. The topological polar surface area (TPSA) is 83.8 Å². The van der Waals surface area contributed by atoms with Crippen LogP contribution < -0.4 is 11.1 Å². The predicted molar refractivity (Wildman–Crippen MR) is 69.8 cm³/mol. The van der Waals surface area contributed by atoms with Crippen LogP contribution in [0.25, 0.3) is 0 Å². The fourth-order valence-corrected chi connectivity index (χ4v) is 1.93. The molecular weight excluding hydrogens is 284 g/mol. The van der Waals surface area contributed by atoms with E-state index in [4.69, 9.17) is 5.73 Å². The molecule has 1 aromatic heterocycles. The summed E-state index contributed by atoms with van der Waals surface area (Å²) < 4.78 is 0.776. The maximum absolute atomic E-state index is 12.0. The van der Waals surface area contributed by atoms with Gasteiger partial charge in [-0.2, -0.15) is 5.10 Å². The zero-order valence-corrected chi connectivity index (χ0v) is 10.7. The number of aromatic amines is 1. The summed E-state index contributed by atoms with van der Waals surface area (Å²) in [5.74, 6) is -0.211. The lowest BCUT2D eigenvalue weighted by atomic mass is 10.1. The van der Waals surface area contributed by atoms with E-state index < -0.39 is 0 Å². The average Bonchev–Trinajstić information content (AvgIpc) is 2.76. The molecule has 4 N–H and O–H groups in total. The zero-order chi connectivity index (χ0) is 12.4. The van der Waals surface area contributed by atoms with Gasteiger partial charge < -0.3 is 11.1 Å². The molecule has 2 rings (SSSR count). The Balaban J connectivity index is 2.31. The summed E-state index contributed by atoms with van der Waals surface area (Å²) in [4.78, 5) is 12.0. The van der Waals surface area contributed by atoms with E-state index in [1.54, 1.807) is 18.3 Å². The van der Waals surface area contributed by atoms with Gasteiger partial charge in [-0.1, -0.05) is 15.9 Å². The molecule has 0 radical (unpaired) electrons. The largest absolute Gasteiger partial charge is 0.398 e. The molecule has 88 valence electrons. The van der Waals surface area contributed by atoms with Gasteiger partial charge in [-0.05, 0) is 24.6 Å². The lowest BCUT2D eigenvalue weighted by Crippen LogP contribution is -2.14. The predicted octanol–water partition coefficient (Wildman–Crippen LogP) is 2.32. The molecule has 1 aromatic carbocycles. The van der Waals surface area contributed by atoms with E-state index in [1.165, 1.54) is 6.20 Å². The number of hydrogen-bond donors (Lipinski definition) is 3. The third kappa shape index (κ3) is 2.47. The van der Waals surface area contributed by atoms with Gasteiger partial charge in [0.1, 0.15) is 0 Å². The van der Waals surface area contributed by atoms with Crippen LogP contribution >= 0.6 is 15.9 Å². The first-order valence-electron chi connectivity index (χ1n) is 4.93. The molecule has 0 aliphatic rings. The smallest absolute Gasteiger partial charge is 0.256 e. The number of benzene rings is 1. The monoisotopic (exact) mass is 294 g/mol. The molecule has 0 fully saturated rings. The zero-order valence-electron chi connectivity index (χ0n) is 9.12. The van der Waals surface area contributed by atoms with Crippen LogP contribution in [-0.4, -0.2) is 16.1 Å². The normalized spacial score (nSPS) is 10.2. The molecule has 0 saturated carbocycles. The van der Waals surface area contributed by atoms with E-state index in [-0.39, 0.29) is 5.91 Å². The Morgan fingerprint density at radius 2 is 2.29 bits per heavy atom. The van der Waals surface area contributed by atoms with Gasteiger partial charge in [0.2, 0.25) is 0 Å². The van der Waals surface area contributed by atoms with Crippen molar-refractivity contribution in [3.05, 3.63) is 40.1 Å². The van der Waals surface area contributed by atoms with E-state index in [0.29, 0.717) is 16.9 Å². The Morgan fingerprint density at radius 3 is 2.94 bits per heavy atom. The first kappa shape index (κ1) is 11.7. The number of halogens is 1. The fourth-order valence-electron chi connectivity index (χ4n) is 1.45. The number of carbonyl (C=O) groups is 1. The summed E-state index contributed by atoms with van der Waals surface area (Å²) in [7, 11) is 0. The Hall–Kier alpha value is -1.82. The van der Waals surface area contributed by atoms with Crippen molar-refractivity contribution < 1.29 is 4.79 Å². The Kier molecular flexibility index (Phi) is 3.14. The molecular formula is C11H11BrN4O. The van der Waals surface area contributed by atoms with E-state index in [0.717, 1.165) is 10.0 Å². The Labute approximate surface area is 107 Å². The molecule has 0 bridgehead atoms. The van der Waals surface area contributed by atoms with Crippen LogP contribution in [0, 0.1) is 6.92 Å². The molecule has 0 aliphatic carbocycles. The first-order chi connectivity index (χ1) is 8.08. The molecule has 0 spiro atoms. The highest BCUT2D eigenvalue weighted by Gasteiger charge is 2.12. The summed E-state index contributed by atoms with van der Waals surface area (Å²) in [5, 5.41) is 9.10. The Morgan fingerprint density at radius 1 is 1.53 bits per heavy atom. The maximum atomic E-state index is 12.0. The highest BCUT2D eigenvalue weighted by molar-refractivity contribution is 9.10. The van der Waals surface area contributed by atoms with Gasteiger partial charge in [0.25, 0.3) is 5.91 Å². The number of carbonyl (C=O) groups excluding carboxylic acids is 1. The molecule has 1 heterocycles. The van der Waals surface area contributed by atoms with Crippen LogP contribution in [-0.2, 0) is 0 Å². The second kappa shape index (κ2) is 4.58. The van der Waals surface area contributed by atoms with E-state index in [2.05, 4.69) is 31.4 Å². The van der Waals surface area contributed by atoms with Crippen molar-refractivity contribution in [1.29, 1.82) is 0 Å². The van der Waals surface area contributed by atoms with Crippen molar-refractivity contribution in [1.82, 2.24) is 10.2 Å². The molecule has 2 aromatic rings.